The van der Waals surface area contributed by atoms with Gasteiger partial charge in [-0.05, 0) is 26.7 Å². The summed E-state index contributed by atoms with van der Waals surface area (Å²) in [5.74, 6) is -0.442. The number of carbonyl (C=O) groups is 2. The fourth-order valence-corrected chi connectivity index (χ4v) is 2.01. The van der Waals surface area contributed by atoms with Gasteiger partial charge in [-0.2, -0.15) is 0 Å². The molecule has 0 aromatic carbocycles. The summed E-state index contributed by atoms with van der Waals surface area (Å²) in [6.07, 6.45) is 3.40. The van der Waals surface area contributed by atoms with Crippen LogP contribution >= 0.6 is 0 Å². The molecule has 0 radical (unpaired) electrons. The Bertz CT molecular complexity index is 301. The predicted molar refractivity (Wildman–Crippen MR) is 68.0 cm³/mol. The largest absolute Gasteiger partial charge is 0.367 e. The molecule has 104 valence electrons. The molecular formula is C12H23N3O3. The maximum absolute atomic E-state index is 11.6. The summed E-state index contributed by atoms with van der Waals surface area (Å²) in [6.45, 7) is 4.23. The molecule has 3 amide bonds. The zero-order chi connectivity index (χ0) is 13.6. The Balaban J connectivity index is 2.29. The van der Waals surface area contributed by atoms with Crippen molar-refractivity contribution in [3.63, 3.8) is 0 Å². The van der Waals surface area contributed by atoms with E-state index in [4.69, 9.17) is 10.5 Å². The standard InChI is InChI=1S/C12H23N3O3/c1-3-14-11(17)15-10(16)9(2)18-8-12(13)6-4-5-7-12/h9H,3-8,13H2,1-2H3,(H2,14,15,16,17). The van der Waals surface area contributed by atoms with E-state index in [0.717, 1.165) is 25.7 Å². The summed E-state index contributed by atoms with van der Waals surface area (Å²) in [5, 5.41) is 4.70. The van der Waals surface area contributed by atoms with E-state index in [2.05, 4.69) is 10.6 Å². The van der Waals surface area contributed by atoms with Gasteiger partial charge in [0.25, 0.3) is 5.91 Å². The summed E-state index contributed by atoms with van der Waals surface area (Å²) in [5.41, 5.74) is 5.82. The van der Waals surface area contributed by atoms with Crippen molar-refractivity contribution in [3.8, 4) is 0 Å². The van der Waals surface area contributed by atoms with Crippen molar-refractivity contribution in [2.75, 3.05) is 13.2 Å². The average Bonchev–Trinajstić information content (AvgIpc) is 2.74. The maximum atomic E-state index is 11.6. The monoisotopic (exact) mass is 257 g/mol. The summed E-state index contributed by atoms with van der Waals surface area (Å²) in [6, 6.07) is -0.499. The zero-order valence-electron chi connectivity index (χ0n) is 11.1. The highest BCUT2D eigenvalue weighted by atomic mass is 16.5. The minimum absolute atomic E-state index is 0.305. The molecule has 1 fully saturated rings. The summed E-state index contributed by atoms with van der Waals surface area (Å²) >= 11 is 0. The molecule has 18 heavy (non-hydrogen) atoms. The molecule has 1 aliphatic rings. The Labute approximate surface area is 108 Å². The van der Waals surface area contributed by atoms with Crippen LogP contribution in [-0.2, 0) is 9.53 Å². The highest BCUT2D eigenvalue weighted by molar-refractivity contribution is 5.96. The van der Waals surface area contributed by atoms with E-state index in [9.17, 15) is 9.59 Å². The first-order chi connectivity index (χ1) is 8.47. The van der Waals surface area contributed by atoms with Crippen LogP contribution in [0.5, 0.6) is 0 Å². The summed E-state index contributed by atoms with van der Waals surface area (Å²) in [4.78, 5) is 22.8. The van der Waals surface area contributed by atoms with Crippen LogP contribution < -0.4 is 16.4 Å². The van der Waals surface area contributed by atoms with E-state index in [1.807, 2.05) is 0 Å². The van der Waals surface area contributed by atoms with Crippen molar-refractivity contribution in [3.05, 3.63) is 0 Å². The van der Waals surface area contributed by atoms with Crippen LogP contribution in [0, 0.1) is 0 Å². The smallest absolute Gasteiger partial charge is 0.321 e. The number of carbonyl (C=O) groups excluding carboxylic acids is 2. The number of hydrogen-bond acceptors (Lipinski definition) is 4. The Kier molecular flexibility index (Phi) is 5.55. The lowest BCUT2D eigenvalue weighted by atomic mass is 10.0. The minimum Gasteiger partial charge on any atom is -0.367 e. The average molecular weight is 257 g/mol. The van der Waals surface area contributed by atoms with Gasteiger partial charge in [0.2, 0.25) is 0 Å². The van der Waals surface area contributed by atoms with Crippen LogP contribution in [0.25, 0.3) is 0 Å². The molecule has 0 heterocycles. The van der Waals surface area contributed by atoms with Crippen molar-refractivity contribution in [1.29, 1.82) is 0 Å². The first-order valence-corrected chi connectivity index (χ1v) is 6.46. The van der Waals surface area contributed by atoms with Crippen LogP contribution in [0.2, 0.25) is 0 Å². The van der Waals surface area contributed by atoms with Crippen LogP contribution in [0.3, 0.4) is 0 Å². The molecule has 6 heteroatoms. The molecule has 1 unspecified atom stereocenters. The number of amides is 3. The van der Waals surface area contributed by atoms with Gasteiger partial charge in [-0.3, -0.25) is 10.1 Å². The van der Waals surface area contributed by atoms with Gasteiger partial charge < -0.3 is 15.8 Å². The Morgan fingerprint density at radius 1 is 1.39 bits per heavy atom. The van der Waals surface area contributed by atoms with E-state index in [1.54, 1.807) is 13.8 Å². The number of nitrogens with one attached hydrogen (secondary N) is 2. The Morgan fingerprint density at radius 2 is 2.00 bits per heavy atom. The SMILES string of the molecule is CCNC(=O)NC(=O)C(C)OCC1(N)CCCC1. The summed E-state index contributed by atoms with van der Waals surface area (Å²) < 4.78 is 5.45. The Morgan fingerprint density at radius 3 is 2.56 bits per heavy atom. The molecule has 0 aliphatic heterocycles. The fraction of sp³-hybridized carbons (Fsp3) is 0.833. The topological polar surface area (TPSA) is 93.5 Å². The van der Waals surface area contributed by atoms with Crippen molar-refractivity contribution >= 4 is 11.9 Å². The molecule has 1 saturated carbocycles. The maximum Gasteiger partial charge on any atom is 0.321 e. The first kappa shape index (κ1) is 14.9. The molecule has 4 N–H and O–H groups in total. The van der Waals surface area contributed by atoms with Crippen molar-refractivity contribution in [2.45, 2.75) is 51.2 Å². The third-order valence-electron chi connectivity index (χ3n) is 3.16. The zero-order valence-corrected chi connectivity index (χ0v) is 11.1. The molecule has 0 aromatic rings. The first-order valence-electron chi connectivity index (χ1n) is 6.46. The number of nitrogens with two attached hydrogens (primary N) is 1. The predicted octanol–water partition coefficient (Wildman–Crippen LogP) is 0.509. The van der Waals surface area contributed by atoms with Crippen molar-refractivity contribution in [2.24, 2.45) is 5.73 Å². The van der Waals surface area contributed by atoms with E-state index in [-0.39, 0.29) is 5.54 Å². The summed E-state index contributed by atoms with van der Waals surface area (Å²) in [7, 11) is 0. The number of hydrogen-bond donors (Lipinski definition) is 3. The van der Waals surface area contributed by atoms with E-state index in [0.29, 0.717) is 13.2 Å². The molecule has 0 spiro atoms. The van der Waals surface area contributed by atoms with Crippen molar-refractivity contribution < 1.29 is 14.3 Å². The van der Waals surface area contributed by atoms with Gasteiger partial charge in [0, 0.05) is 12.1 Å². The molecule has 1 aliphatic carbocycles. The number of ether oxygens (including phenoxy) is 1. The molecule has 1 atom stereocenters. The lowest BCUT2D eigenvalue weighted by molar-refractivity contribution is -0.131. The van der Waals surface area contributed by atoms with Gasteiger partial charge in [-0.15, -0.1) is 0 Å². The van der Waals surface area contributed by atoms with Gasteiger partial charge in [0.05, 0.1) is 6.61 Å². The molecule has 0 saturated heterocycles. The highest BCUT2D eigenvalue weighted by Crippen LogP contribution is 2.27. The van der Waals surface area contributed by atoms with Crippen molar-refractivity contribution in [1.82, 2.24) is 10.6 Å². The van der Waals surface area contributed by atoms with Crippen LogP contribution in [0.1, 0.15) is 39.5 Å². The van der Waals surface area contributed by atoms with Crippen LogP contribution in [0.15, 0.2) is 0 Å². The van der Waals surface area contributed by atoms with Gasteiger partial charge in [-0.1, -0.05) is 12.8 Å². The molecule has 0 bridgehead atoms. The molecule has 6 nitrogen and oxygen atoms in total. The third-order valence-corrected chi connectivity index (χ3v) is 3.16. The Hall–Kier alpha value is -1.14. The lowest BCUT2D eigenvalue weighted by Crippen LogP contribution is -2.47. The molecule has 0 aromatic heterocycles. The number of imide groups is 1. The second kappa shape index (κ2) is 6.70. The van der Waals surface area contributed by atoms with Crippen LogP contribution in [0.4, 0.5) is 4.79 Å². The van der Waals surface area contributed by atoms with E-state index < -0.39 is 18.0 Å². The van der Waals surface area contributed by atoms with Gasteiger partial charge in [0.1, 0.15) is 6.10 Å². The molecular weight excluding hydrogens is 234 g/mol. The lowest BCUT2D eigenvalue weighted by Gasteiger charge is -2.25. The normalized spacial score (nSPS) is 19.3. The van der Waals surface area contributed by atoms with E-state index >= 15 is 0 Å². The van der Waals surface area contributed by atoms with Gasteiger partial charge >= 0.3 is 6.03 Å². The molecule has 1 rings (SSSR count). The van der Waals surface area contributed by atoms with E-state index in [1.165, 1.54) is 0 Å². The van der Waals surface area contributed by atoms with Gasteiger partial charge in [-0.25, -0.2) is 4.79 Å². The third kappa shape index (κ3) is 4.62. The second-order valence-corrected chi connectivity index (χ2v) is 4.87. The fourth-order valence-electron chi connectivity index (χ4n) is 2.01. The highest BCUT2D eigenvalue weighted by Gasteiger charge is 2.31. The second-order valence-electron chi connectivity index (χ2n) is 4.87. The number of urea groups is 1. The minimum atomic E-state index is -0.673. The quantitative estimate of drug-likeness (QED) is 0.669. The van der Waals surface area contributed by atoms with Gasteiger partial charge in [0.15, 0.2) is 0 Å². The number of rotatable bonds is 5. The van der Waals surface area contributed by atoms with Crippen LogP contribution in [-0.4, -0.2) is 36.7 Å².